The fourth-order valence-corrected chi connectivity index (χ4v) is 1.84. The molecule has 1 aliphatic rings. The van der Waals surface area contributed by atoms with E-state index in [1.54, 1.807) is 0 Å². The van der Waals surface area contributed by atoms with Crippen molar-refractivity contribution < 1.29 is 14.3 Å². The molecule has 2 unspecified atom stereocenters. The first-order valence-corrected chi connectivity index (χ1v) is 5.77. The lowest BCUT2D eigenvalue weighted by Crippen LogP contribution is -2.44. The molecule has 0 saturated carbocycles. The third-order valence-corrected chi connectivity index (χ3v) is 2.87. The highest BCUT2D eigenvalue weighted by Gasteiger charge is 2.29. The zero-order chi connectivity index (χ0) is 13.0. The normalized spacial score (nSPS) is 22.9. The van der Waals surface area contributed by atoms with Gasteiger partial charge in [-0.25, -0.2) is 0 Å². The van der Waals surface area contributed by atoms with Gasteiger partial charge in [-0.1, -0.05) is 12.2 Å². The van der Waals surface area contributed by atoms with Gasteiger partial charge in [-0.3, -0.25) is 9.59 Å². The predicted octanol–water partition coefficient (Wildman–Crippen LogP) is 0.300. The second-order valence-corrected chi connectivity index (χ2v) is 4.53. The highest BCUT2D eigenvalue weighted by molar-refractivity contribution is 5.85. The minimum absolute atomic E-state index is 0.00736. The van der Waals surface area contributed by atoms with Crippen molar-refractivity contribution in [2.45, 2.75) is 32.4 Å². The zero-order valence-corrected chi connectivity index (χ0v) is 10.6. The highest BCUT2D eigenvalue weighted by Crippen LogP contribution is 2.20. The Balaban J connectivity index is 2.67. The quantitative estimate of drug-likeness (QED) is 0.566. The maximum absolute atomic E-state index is 12.2. The number of ether oxygens (including phenoxy) is 1. The van der Waals surface area contributed by atoms with Crippen LogP contribution in [0.1, 0.15) is 20.3 Å². The molecule has 5 nitrogen and oxygen atoms in total. The number of hydrogen-bond acceptors (Lipinski definition) is 4. The van der Waals surface area contributed by atoms with Crippen molar-refractivity contribution in [3.05, 3.63) is 12.2 Å². The Bertz CT molecular complexity index is 326. The summed E-state index contributed by atoms with van der Waals surface area (Å²) in [6, 6.07) is -0.0945. The summed E-state index contributed by atoms with van der Waals surface area (Å²) in [6.45, 7) is 3.74. The molecule has 1 amide bonds. The topological polar surface area (TPSA) is 72.6 Å². The SMILES string of the molecule is COC(=O)CN(C(=O)C1C=CC(N)C1)C(C)C. The number of hydrogen-bond donors (Lipinski definition) is 1. The Morgan fingerprint density at radius 3 is 2.53 bits per heavy atom. The summed E-state index contributed by atoms with van der Waals surface area (Å²) in [5.74, 6) is -0.676. The Kier molecular flexibility index (Phi) is 4.69. The maximum Gasteiger partial charge on any atom is 0.325 e. The van der Waals surface area contributed by atoms with Gasteiger partial charge < -0.3 is 15.4 Å². The largest absolute Gasteiger partial charge is 0.468 e. The van der Waals surface area contributed by atoms with E-state index in [1.807, 2.05) is 26.0 Å². The van der Waals surface area contributed by atoms with Crippen LogP contribution in [0.25, 0.3) is 0 Å². The van der Waals surface area contributed by atoms with Gasteiger partial charge in [0.15, 0.2) is 0 Å². The molecule has 0 aromatic heterocycles. The predicted molar refractivity (Wildman–Crippen MR) is 64.1 cm³/mol. The summed E-state index contributed by atoms with van der Waals surface area (Å²) in [7, 11) is 1.32. The van der Waals surface area contributed by atoms with Gasteiger partial charge in [0.2, 0.25) is 5.91 Å². The molecule has 96 valence electrons. The number of carbonyl (C=O) groups excluding carboxylic acids is 2. The average molecular weight is 240 g/mol. The van der Waals surface area contributed by atoms with E-state index >= 15 is 0 Å². The fourth-order valence-electron chi connectivity index (χ4n) is 1.84. The average Bonchev–Trinajstić information content (AvgIpc) is 2.71. The molecule has 2 N–H and O–H groups in total. The number of carbonyl (C=O) groups is 2. The molecule has 0 heterocycles. The van der Waals surface area contributed by atoms with Crippen LogP contribution in [0.5, 0.6) is 0 Å². The first-order valence-electron chi connectivity index (χ1n) is 5.77. The van der Waals surface area contributed by atoms with E-state index in [1.165, 1.54) is 12.0 Å². The van der Waals surface area contributed by atoms with Crippen molar-refractivity contribution in [2.75, 3.05) is 13.7 Å². The van der Waals surface area contributed by atoms with Crippen LogP contribution in [0.4, 0.5) is 0 Å². The van der Waals surface area contributed by atoms with Crippen LogP contribution in [0, 0.1) is 5.92 Å². The van der Waals surface area contributed by atoms with Crippen LogP contribution >= 0.6 is 0 Å². The Hall–Kier alpha value is -1.36. The number of esters is 1. The summed E-state index contributed by atoms with van der Waals surface area (Å²) in [4.78, 5) is 25.0. The van der Waals surface area contributed by atoms with E-state index in [2.05, 4.69) is 4.74 Å². The summed E-state index contributed by atoms with van der Waals surface area (Å²) in [6.07, 6.45) is 4.27. The smallest absolute Gasteiger partial charge is 0.325 e. The van der Waals surface area contributed by atoms with Gasteiger partial charge in [-0.05, 0) is 20.3 Å². The second-order valence-electron chi connectivity index (χ2n) is 4.53. The summed E-state index contributed by atoms with van der Waals surface area (Å²) in [5.41, 5.74) is 5.72. The number of amides is 1. The lowest BCUT2D eigenvalue weighted by Gasteiger charge is -2.27. The summed E-state index contributed by atoms with van der Waals surface area (Å²) >= 11 is 0. The van der Waals surface area contributed by atoms with Gasteiger partial charge in [0.1, 0.15) is 6.54 Å². The number of nitrogens with zero attached hydrogens (tertiary/aromatic N) is 1. The Morgan fingerprint density at radius 2 is 2.12 bits per heavy atom. The number of rotatable bonds is 4. The Morgan fingerprint density at radius 1 is 1.47 bits per heavy atom. The molecule has 1 aliphatic carbocycles. The van der Waals surface area contributed by atoms with Crippen molar-refractivity contribution in [3.8, 4) is 0 Å². The van der Waals surface area contributed by atoms with Gasteiger partial charge in [-0.15, -0.1) is 0 Å². The fraction of sp³-hybridized carbons (Fsp3) is 0.667. The van der Waals surface area contributed by atoms with Crippen molar-refractivity contribution in [3.63, 3.8) is 0 Å². The van der Waals surface area contributed by atoms with Crippen LogP contribution in [-0.4, -0.2) is 42.5 Å². The van der Waals surface area contributed by atoms with Crippen LogP contribution in [0.3, 0.4) is 0 Å². The van der Waals surface area contributed by atoms with Crippen LogP contribution in [0.2, 0.25) is 0 Å². The Labute approximate surface area is 102 Å². The molecular weight excluding hydrogens is 220 g/mol. The molecule has 0 aromatic carbocycles. The minimum Gasteiger partial charge on any atom is -0.468 e. The minimum atomic E-state index is -0.404. The molecule has 0 saturated heterocycles. The zero-order valence-electron chi connectivity index (χ0n) is 10.6. The molecule has 0 aliphatic heterocycles. The second kappa shape index (κ2) is 5.82. The third kappa shape index (κ3) is 3.56. The van der Waals surface area contributed by atoms with Crippen LogP contribution in [0.15, 0.2) is 12.2 Å². The van der Waals surface area contributed by atoms with Gasteiger partial charge >= 0.3 is 5.97 Å². The molecule has 0 aromatic rings. The van der Waals surface area contributed by atoms with E-state index in [0.717, 1.165) is 0 Å². The number of methoxy groups -OCH3 is 1. The summed E-state index contributed by atoms with van der Waals surface area (Å²) in [5, 5.41) is 0. The van der Waals surface area contributed by atoms with E-state index in [0.29, 0.717) is 6.42 Å². The molecule has 2 atom stereocenters. The van der Waals surface area contributed by atoms with Crippen molar-refractivity contribution in [1.29, 1.82) is 0 Å². The van der Waals surface area contributed by atoms with Gasteiger partial charge in [0, 0.05) is 12.1 Å². The third-order valence-electron chi connectivity index (χ3n) is 2.87. The van der Waals surface area contributed by atoms with E-state index in [-0.39, 0.29) is 30.5 Å². The lowest BCUT2D eigenvalue weighted by molar-refractivity contribution is -0.149. The molecular formula is C12H20N2O3. The first-order chi connectivity index (χ1) is 7.95. The van der Waals surface area contributed by atoms with Crippen molar-refractivity contribution in [2.24, 2.45) is 11.7 Å². The van der Waals surface area contributed by atoms with E-state index in [9.17, 15) is 9.59 Å². The van der Waals surface area contributed by atoms with Crippen LogP contribution in [-0.2, 0) is 14.3 Å². The standard InChI is InChI=1S/C12H20N2O3/c1-8(2)14(7-11(15)17-3)12(16)9-4-5-10(13)6-9/h4-5,8-10H,6-7,13H2,1-3H3. The molecule has 17 heavy (non-hydrogen) atoms. The summed E-state index contributed by atoms with van der Waals surface area (Å²) < 4.78 is 4.59. The van der Waals surface area contributed by atoms with E-state index in [4.69, 9.17) is 5.73 Å². The molecule has 0 bridgehead atoms. The molecule has 1 rings (SSSR count). The first kappa shape index (κ1) is 13.7. The van der Waals surface area contributed by atoms with Gasteiger partial charge in [0.25, 0.3) is 0 Å². The molecule has 0 fully saturated rings. The maximum atomic E-state index is 12.2. The van der Waals surface area contributed by atoms with Crippen LogP contribution < -0.4 is 5.73 Å². The molecule has 0 radical (unpaired) electrons. The molecule has 5 heteroatoms. The number of nitrogens with two attached hydrogens (primary N) is 1. The van der Waals surface area contributed by atoms with Crippen molar-refractivity contribution in [1.82, 2.24) is 4.90 Å². The van der Waals surface area contributed by atoms with Gasteiger partial charge in [-0.2, -0.15) is 0 Å². The highest BCUT2D eigenvalue weighted by atomic mass is 16.5. The monoisotopic (exact) mass is 240 g/mol. The van der Waals surface area contributed by atoms with Crippen molar-refractivity contribution >= 4 is 11.9 Å². The molecule has 0 spiro atoms. The van der Waals surface area contributed by atoms with E-state index < -0.39 is 5.97 Å². The van der Waals surface area contributed by atoms with Gasteiger partial charge in [0.05, 0.1) is 13.0 Å². The lowest BCUT2D eigenvalue weighted by atomic mass is 10.1.